The molecule has 2 N–H and O–H groups in total. The van der Waals surface area contributed by atoms with Crippen LogP contribution < -0.4 is 15.4 Å². The summed E-state index contributed by atoms with van der Waals surface area (Å²) in [5, 5.41) is 7.59. The molecule has 0 atom stereocenters. The van der Waals surface area contributed by atoms with Gasteiger partial charge >= 0.3 is 0 Å². The smallest absolute Gasteiger partial charge is 0.230 e. The van der Waals surface area contributed by atoms with Crippen molar-refractivity contribution in [2.24, 2.45) is 0 Å². The van der Waals surface area contributed by atoms with Gasteiger partial charge < -0.3 is 15.4 Å². The van der Waals surface area contributed by atoms with Gasteiger partial charge in [-0.05, 0) is 35.4 Å². The molecule has 0 aliphatic carbocycles. The fraction of sp³-hybridized carbons (Fsp3) is 0.190. The molecule has 29 heavy (non-hydrogen) atoms. The number of nitrogens with one attached hydrogen (secondary N) is 2. The number of thioether (sulfide) groups is 1. The van der Waals surface area contributed by atoms with E-state index in [2.05, 4.69) is 20.6 Å². The number of hydrogen-bond acceptors (Lipinski definition) is 6. The Labute approximate surface area is 179 Å². The van der Waals surface area contributed by atoms with Crippen LogP contribution in [0.4, 0.5) is 5.82 Å². The largest absolute Gasteiger partial charge is 0.497 e. The van der Waals surface area contributed by atoms with E-state index in [0.717, 1.165) is 21.9 Å². The second kappa shape index (κ2) is 10.7. The Kier molecular flexibility index (Phi) is 7.72. The number of aromatic nitrogens is 2. The number of carbonyl (C=O) groups excluding carboxylic acids is 1. The van der Waals surface area contributed by atoms with E-state index in [-0.39, 0.29) is 11.7 Å². The molecule has 1 amide bonds. The lowest BCUT2D eigenvalue weighted by Crippen LogP contribution is -2.24. The summed E-state index contributed by atoms with van der Waals surface area (Å²) in [5.74, 6) is 1.72. The van der Waals surface area contributed by atoms with Crippen LogP contribution in [0.2, 0.25) is 5.02 Å². The molecule has 0 bridgehead atoms. The van der Waals surface area contributed by atoms with E-state index in [1.165, 1.54) is 18.1 Å². The van der Waals surface area contributed by atoms with Gasteiger partial charge in [0.2, 0.25) is 5.91 Å². The number of halogens is 1. The molecule has 0 aliphatic heterocycles. The third-order valence-corrected chi connectivity index (χ3v) is 5.21. The van der Waals surface area contributed by atoms with Crippen molar-refractivity contribution >= 4 is 35.1 Å². The third kappa shape index (κ3) is 6.96. The van der Waals surface area contributed by atoms with Gasteiger partial charge in [0.05, 0.1) is 12.9 Å². The molecule has 3 rings (SSSR count). The number of ether oxygens (including phenoxy) is 1. The Bertz CT molecular complexity index is 936. The van der Waals surface area contributed by atoms with E-state index >= 15 is 0 Å². The van der Waals surface area contributed by atoms with Crippen molar-refractivity contribution in [3.63, 3.8) is 0 Å². The Morgan fingerprint density at radius 1 is 1.03 bits per heavy atom. The molecule has 0 spiro atoms. The van der Waals surface area contributed by atoms with Gasteiger partial charge in [-0.3, -0.25) is 4.79 Å². The average Bonchev–Trinajstić information content (AvgIpc) is 2.76. The summed E-state index contributed by atoms with van der Waals surface area (Å²) in [4.78, 5) is 20.5. The Hall–Kier alpha value is -2.77. The SMILES string of the molecule is COc1ccc(CNC(=O)CSc2cc(NCc3ccc(Cl)cc3)ncn2)cc1. The highest BCUT2D eigenvalue weighted by molar-refractivity contribution is 7.99. The topological polar surface area (TPSA) is 76.1 Å². The highest BCUT2D eigenvalue weighted by Crippen LogP contribution is 2.18. The first-order chi connectivity index (χ1) is 14.1. The molecule has 0 aliphatic rings. The van der Waals surface area contributed by atoms with Gasteiger partial charge in [-0.15, -0.1) is 0 Å². The lowest BCUT2D eigenvalue weighted by Gasteiger charge is -2.08. The Balaban J connectivity index is 1.44. The summed E-state index contributed by atoms with van der Waals surface area (Å²) in [5.41, 5.74) is 2.11. The number of anilines is 1. The average molecular weight is 429 g/mol. The van der Waals surface area contributed by atoms with E-state index in [1.807, 2.05) is 54.6 Å². The lowest BCUT2D eigenvalue weighted by molar-refractivity contribution is -0.118. The number of benzene rings is 2. The number of hydrogen-bond donors (Lipinski definition) is 2. The second-order valence-electron chi connectivity index (χ2n) is 6.13. The first kappa shape index (κ1) is 21.0. The van der Waals surface area contributed by atoms with Crippen molar-refractivity contribution in [2.45, 2.75) is 18.1 Å². The van der Waals surface area contributed by atoms with Gasteiger partial charge in [0.25, 0.3) is 0 Å². The van der Waals surface area contributed by atoms with Crippen molar-refractivity contribution in [1.82, 2.24) is 15.3 Å². The van der Waals surface area contributed by atoms with Crippen molar-refractivity contribution in [3.8, 4) is 5.75 Å². The van der Waals surface area contributed by atoms with Crippen LogP contribution in [0.25, 0.3) is 0 Å². The monoisotopic (exact) mass is 428 g/mol. The minimum absolute atomic E-state index is 0.0555. The predicted octanol–water partition coefficient (Wildman–Crippen LogP) is 4.16. The van der Waals surface area contributed by atoms with E-state index < -0.39 is 0 Å². The van der Waals surface area contributed by atoms with E-state index in [9.17, 15) is 4.79 Å². The number of nitrogens with zero attached hydrogens (tertiary/aromatic N) is 2. The van der Waals surface area contributed by atoms with Crippen LogP contribution in [0.1, 0.15) is 11.1 Å². The Morgan fingerprint density at radius 3 is 2.45 bits per heavy atom. The van der Waals surface area contributed by atoms with Crippen LogP contribution in [0.5, 0.6) is 5.75 Å². The zero-order valence-electron chi connectivity index (χ0n) is 15.9. The van der Waals surface area contributed by atoms with Crippen LogP contribution in [0.3, 0.4) is 0 Å². The predicted molar refractivity (Wildman–Crippen MR) is 116 cm³/mol. The maximum absolute atomic E-state index is 12.1. The molecule has 2 aromatic carbocycles. The van der Waals surface area contributed by atoms with Gasteiger partial charge in [-0.1, -0.05) is 47.6 Å². The number of methoxy groups -OCH3 is 1. The maximum atomic E-state index is 12.1. The van der Waals surface area contributed by atoms with Crippen molar-refractivity contribution in [1.29, 1.82) is 0 Å². The van der Waals surface area contributed by atoms with Gasteiger partial charge in [0, 0.05) is 24.2 Å². The van der Waals surface area contributed by atoms with E-state index in [1.54, 1.807) is 7.11 Å². The van der Waals surface area contributed by atoms with Crippen LogP contribution in [0.15, 0.2) is 66.0 Å². The minimum atomic E-state index is -0.0555. The summed E-state index contributed by atoms with van der Waals surface area (Å²) in [6.45, 7) is 1.10. The molecule has 1 heterocycles. The van der Waals surface area contributed by atoms with Gasteiger partial charge in [0.1, 0.15) is 22.9 Å². The van der Waals surface area contributed by atoms with Crippen LogP contribution in [-0.2, 0) is 17.9 Å². The molecule has 6 nitrogen and oxygen atoms in total. The summed E-state index contributed by atoms with van der Waals surface area (Å²) >= 11 is 7.26. The fourth-order valence-electron chi connectivity index (χ4n) is 2.44. The standard InChI is InChI=1S/C21H21ClN4O2S/c1-28-18-8-4-16(5-9-18)12-24-20(27)13-29-21-10-19(25-14-26-21)23-11-15-2-6-17(22)7-3-15/h2-10,14H,11-13H2,1H3,(H,24,27)(H,23,25,26). The van der Waals surface area contributed by atoms with Gasteiger partial charge in [-0.2, -0.15) is 0 Å². The molecule has 150 valence electrons. The van der Waals surface area contributed by atoms with Crippen molar-refractivity contribution in [2.75, 3.05) is 18.2 Å². The highest BCUT2D eigenvalue weighted by atomic mass is 35.5. The molecule has 0 saturated heterocycles. The molecule has 0 fully saturated rings. The maximum Gasteiger partial charge on any atom is 0.230 e. The summed E-state index contributed by atoms with van der Waals surface area (Å²) in [7, 11) is 1.62. The zero-order chi connectivity index (χ0) is 20.5. The number of carbonyl (C=O) groups is 1. The molecule has 0 radical (unpaired) electrons. The van der Waals surface area contributed by atoms with Crippen LogP contribution >= 0.6 is 23.4 Å². The van der Waals surface area contributed by atoms with Gasteiger partial charge in [-0.25, -0.2) is 9.97 Å². The summed E-state index contributed by atoms with van der Waals surface area (Å²) in [6, 6.07) is 17.0. The molecule has 3 aromatic rings. The molecule has 0 saturated carbocycles. The zero-order valence-corrected chi connectivity index (χ0v) is 17.5. The number of rotatable bonds is 9. The van der Waals surface area contributed by atoms with E-state index in [0.29, 0.717) is 23.9 Å². The number of amides is 1. The van der Waals surface area contributed by atoms with Crippen LogP contribution in [-0.4, -0.2) is 28.7 Å². The molecule has 1 aromatic heterocycles. The first-order valence-electron chi connectivity index (χ1n) is 8.95. The molecular formula is C21H21ClN4O2S. The fourth-order valence-corrected chi connectivity index (χ4v) is 3.27. The van der Waals surface area contributed by atoms with Crippen molar-refractivity contribution < 1.29 is 9.53 Å². The normalized spacial score (nSPS) is 10.4. The van der Waals surface area contributed by atoms with Gasteiger partial charge in [0.15, 0.2) is 0 Å². The Morgan fingerprint density at radius 2 is 1.72 bits per heavy atom. The third-order valence-electron chi connectivity index (χ3n) is 4.03. The first-order valence-corrected chi connectivity index (χ1v) is 10.3. The highest BCUT2D eigenvalue weighted by Gasteiger charge is 2.06. The van der Waals surface area contributed by atoms with Crippen molar-refractivity contribution in [3.05, 3.63) is 77.1 Å². The summed E-state index contributed by atoms with van der Waals surface area (Å²) < 4.78 is 5.13. The van der Waals surface area contributed by atoms with Crippen LogP contribution in [0, 0.1) is 0 Å². The lowest BCUT2D eigenvalue weighted by atomic mass is 10.2. The van der Waals surface area contributed by atoms with E-state index in [4.69, 9.17) is 16.3 Å². The molecule has 8 heteroatoms. The minimum Gasteiger partial charge on any atom is -0.497 e. The molecular weight excluding hydrogens is 408 g/mol. The quantitative estimate of drug-likeness (QED) is 0.393. The summed E-state index contributed by atoms with van der Waals surface area (Å²) in [6.07, 6.45) is 1.49. The molecule has 0 unspecified atom stereocenters. The second-order valence-corrected chi connectivity index (χ2v) is 7.57.